The number of aryl methyl sites for hydroxylation is 1. The molecule has 0 saturated heterocycles. The van der Waals surface area contributed by atoms with Gasteiger partial charge in [-0.05, 0) is 29.0 Å². The van der Waals surface area contributed by atoms with Crippen LogP contribution in [-0.4, -0.2) is 0 Å². The van der Waals surface area contributed by atoms with Crippen molar-refractivity contribution in [2.75, 3.05) is 0 Å². The van der Waals surface area contributed by atoms with Crippen molar-refractivity contribution in [1.29, 1.82) is 0 Å². The van der Waals surface area contributed by atoms with Crippen LogP contribution in [0.2, 0.25) is 0 Å². The zero-order chi connectivity index (χ0) is 21.9. The second-order valence-corrected chi connectivity index (χ2v) is 6.86. The molecule has 0 heteroatoms. The summed E-state index contributed by atoms with van der Waals surface area (Å²) in [6.45, 7) is 16.2. The highest BCUT2D eigenvalue weighted by Gasteiger charge is 2.05. The normalized spacial score (nSPS) is 9.24. The van der Waals surface area contributed by atoms with Gasteiger partial charge < -0.3 is 0 Å². The fourth-order valence-electron chi connectivity index (χ4n) is 2.39. The maximum Gasteiger partial charge on any atom is 0.00610 e. The molecule has 0 unspecified atom stereocenters. The molecule has 3 rings (SSSR count). The summed E-state index contributed by atoms with van der Waals surface area (Å²) in [6, 6.07) is 31.6. The number of allylic oxidation sites excluding steroid dienone is 1. The van der Waals surface area contributed by atoms with Gasteiger partial charge in [0.2, 0.25) is 0 Å². The zero-order valence-electron chi connectivity index (χ0n) is 19.3. The van der Waals surface area contributed by atoms with E-state index >= 15 is 0 Å². The van der Waals surface area contributed by atoms with E-state index < -0.39 is 0 Å². The molecule has 156 valence electrons. The second-order valence-electron chi connectivity index (χ2n) is 6.86. The Balaban J connectivity index is 0.000000444. The van der Waals surface area contributed by atoms with Gasteiger partial charge in [0, 0.05) is 5.92 Å². The molecule has 0 aliphatic heterocycles. The van der Waals surface area contributed by atoms with Crippen LogP contribution in [0.5, 0.6) is 0 Å². The lowest BCUT2D eigenvalue weighted by Crippen LogP contribution is -1.94. The minimum Gasteiger partial charge on any atom is -0.103 e. The smallest absolute Gasteiger partial charge is 0.00610 e. The van der Waals surface area contributed by atoms with E-state index in [0.717, 1.165) is 6.42 Å². The predicted molar refractivity (Wildman–Crippen MR) is 133 cm³/mol. The van der Waals surface area contributed by atoms with Gasteiger partial charge in [-0.2, -0.15) is 0 Å². The van der Waals surface area contributed by atoms with E-state index in [9.17, 15) is 0 Å². The molecule has 29 heavy (non-hydrogen) atoms. The van der Waals surface area contributed by atoms with Gasteiger partial charge in [0.25, 0.3) is 0 Å². The topological polar surface area (TPSA) is 0 Å². The molecule has 0 spiro atoms. The van der Waals surface area contributed by atoms with Crippen molar-refractivity contribution in [3.63, 3.8) is 0 Å². The third-order valence-electron chi connectivity index (χ3n) is 4.32. The van der Waals surface area contributed by atoms with Crippen molar-refractivity contribution in [3.05, 3.63) is 120 Å². The number of rotatable bonds is 4. The molecule has 0 aromatic heterocycles. The molecule has 0 radical (unpaired) electrons. The molecule has 0 heterocycles. The van der Waals surface area contributed by atoms with E-state index in [1.807, 2.05) is 26.0 Å². The first-order valence-corrected chi connectivity index (χ1v) is 10.8. The molecule has 3 aromatic rings. The molecular formula is C29H40. The van der Waals surface area contributed by atoms with Crippen LogP contribution in [-0.2, 0) is 6.42 Å². The Hall–Kier alpha value is -2.60. The summed E-state index contributed by atoms with van der Waals surface area (Å²) in [6.07, 6.45) is 3.06. The number of hydrogen-bond acceptors (Lipinski definition) is 0. The third kappa shape index (κ3) is 12.5. The minimum atomic E-state index is 0.484. The molecule has 0 N–H and O–H groups in total. The summed E-state index contributed by atoms with van der Waals surface area (Å²) >= 11 is 0. The Labute approximate surface area is 180 Å². The van der Waals surface area contributed by atoms with Gasteiger partial charge in [-0.25, -0.2) is 0 Å². The average Bonchev–Trinajstić information content (AvgIpc) is 2.82. The Kier molecular flexibility index (Phi) is 15.9. The van der Waals surface area contributed by atoms with Crippen molar-refractivity contribution in [2.45, 2.75) is 53.9 Å². The highest BCUT2D eigenvalue weighted by molar-refractivity contribution is 5.31. The fraction of sp³-hybridized carbons (Fsp3) is 0.310. The monoisotopic (exact) mass is 388 g/mol. The van der Waals surface area contributed by atoms with Gasteiger partial charge in [0.05, 0.1) is 0 Å². The molecule has 0 aliphatic rings. The first-order valence-electron chi connectivity index (χ1n) is 10.8. The van der Waals surface area contributed by atoms with Crippen molar-refractivity contribution in [1.82, 2.24) is 0 Å². The largest absolute Gasteiger partial charge is 0.103 e. The first kappa shape index (κ1) is 26.4. The lowest BCUT2D eigenvalue weighted by molar-refractivity contribution is 0.835. The highest BCUT2D eigenvalue weighted by atomic mass is 14.1. The summed E-state index contributed by atoms with van der Waals surface area (Å²) in [5.74, 6) is 1.13. The highest BCUT2D eigenvalue weighted by Crippen LogP contribution is 2.22. The van der Waals surface area contributed by atoms with Crippen molar-refractivity contribution in [3.8, 4) is 0 Å². The maximum atomic E-state index is 3.56. The van der Waals surface area contributed by atoms with Gasteiger partial charge in [-0.3, -0.25) is 0 Å². The Morgan fingerprint density at radius 2 is 0.966 bits per heavy atom. The molecule has 0 saturated carbocycles. The van der Waals surface area contributed by atoms with E-state index in [-0.39, 0.29) is 0 Å². The Morgan fingerprint density at radius 3 is 1.21 bits per heavy atom. The Bertz CT molecular complexity index is 672. The fourth-order valence-corrected chi connectivity index (χ4v) is 2.39. The van der Waals surface area contributed by atoms with Crippen LogP contribution in [0.4, 0.5) is 0 Å². The second kappa shape index (κ2) is 17.5. The lowest BCUT2D eigenvalue weighted by atomic mass is 9.93. The molecule has 0 aliphatic carbocycles. The quantitative estimate of drug-likeness (QED) is 0.391. The average molecular weight is 389 g/mol. The van der Waals surface area contributed by atoms with E-state index in [0.29, 0.717) is 11.8 Å². The summed E-state index contributed by atoms with van der Waals surface area (Å²) in [7, 11) is 0. The van der Waals surface area contributed by atoms with Crippen LogP contribution in [0.25, 0.3) is 0 Å². The van der Waals surface area contributed by atoms with Crippen molar-refractivity contribution in [2.24, 2.45) is 5.92 Å². The summed E-state index contributed by atoms with van der Waals surface area (Å²) in [5, 5.41) is 0. The van der Waals surface area contributed by atoms with E-state index in [1.54, 1.807) is 0 Å². The van der Waals surface area contributed by atoms with E-state index in [2.05, 4.69) is 119 Å². The maximum absolute atomic E-state index is 3.56. The summed E-state index contributed by atoms with van der Waals surface area (Å²) < 4.78 is 0. The summed E-state index contributed by atoms with van der Waals surface area (Å²) in [5.41, 5.74) is 4.16. The molecular weight excluding hydrogens is 348 g/mol. The zero-order valence-corrected chi connectivity index (χ0v) is 19.3. The molecule has 0 fully saturated rings. The van der Waals surface area contributed by atoms with Gasteiger partial charge in [0.15, 0.2) is 0 Å². The van der Waals surface area contributed by atoms with E-state index in [4.69, 9.17) is 0 Å². The van der Waals surface area contributed by atoms with Gasteiger partial charge in [0.1, 0.15) is 0 Å². The van der Waals surface area contributed by atoms with Crippen LogP contribution in [0.3, 0.4) is 0 Å². The summed E-state index contributed by atoms with van der Waals surface area (Å²) in [4.78, 5) is 0. The molecule has 0 amide bonds. The molecule has 0 bridgehead atoms. The van der Waals surface area contributed by atoms with Crippen molar-refractivity contribution >= 4 is 0 Å². The van der Waals surface area contributed by atoms with Gasteiger partial charge >= 0.3 is 0 Å². The lowest BCUT2D eigenvalue weighted by Gasteiger charge is -2.11. The SMILES string of the molecule is C=CC(C)C.CC.CC(c1ccccc1)c1ccccc1.CCc1ccccc1. The van der Waals surface area contributed by atoms with Crippen LogP contribution < -0.4 is 0 Å². The number of benzene rings is 3. The minimum absolute atomic E-state index is 0.484. The molecule has 3 aromatic carbocycles. The number of hydrogen-bond donors (Lipinski definition) is 0. The van der Waals surface area contributed by atoms with Crippen LogP contribution in [0.1, 0.15) is 64.2 Å². The molecule has 0 nitrogen and oxygen atoms in total. The Morgan fingerprint density at radius 1 is 0.655 bits per heavy atom. The van der Waals surface area contributed by atoms with Crippen LogP contribution in [0, 0.1) is 5.92 Å². The molecule has 0 atom stereocenters. The van der Waals surface area contributed by atoms with E-state index in [1.165, 1.54) is 16.7 Å². The van der Waals surface area contributed by atoms with Crippen molar-refractivity contribution < 1.29 is 0 Å². The van der Waals surface area contributed by atoms with Crippen LogP contribution >= 0.6 is 0 Å². The van der Waals surface area contributed by atoms with Gasteiger partial charge in [-0.15, -0.1) is 6.58 Å². The standard InChI is InChI=1S/C14H14.C8H10.C5H10.C2H6/c1-12(13-8-4-2-5-9-13)14-10-6-3-7-11-14;1-2-8-6-4-3-5-7-8;1-4-5(2)3;1-2/h2-12H,1H3;3-7H,2H2,1H3;4-5H,1H2,2-3H3;1-2H3. The predicted octanol–water partition coefficient (Wildman–Crippen LogP) is 8.94. The van der Waals surface area contributed by atoms with Crippen LogP contribution in [0.15, 0.2) is 104 Å². The first-order chi connectivity index (χ1) is 14.1. The third-order valence-corrected chi connectivity index (χ3v) is 4.32. The van der Waals surface area contributed by atoms with Gasteiger partial charge in [-0.1, -0.05) is 139 Å².